The van der Waals surface area contributed by atoms with E-state index in [9.17, 15) is 45.8 Å². The number of hydrogen-bond donors (Lipinski definition) is 1. The molecule has 10 atom stereocenters. The van der Waals surface area contributed by atoms with Crippen LogP contribution in [0.4, 0.5) is 35.1 Å². The van der Waals surface area contributed by atoms with E-state index < -0.39 is 35.1 Å². The van der Waals surface area contributed by atoms with Crippen LogP contribution in [0, 0.1) is 75.8 Å². The number of alkyl halides is 6. The summed E-state index contributed by atoms with van der Waals surface area (Å²) < 4.78 is 109. The summed E-state index contributed by atoms with van der Waals surface area (Å²) in [6, 6.07) is 5.46. The second-order valence-electron chi connectivity index (χ2n) is 14.2. The molecule has 3 nitrogen and oxygen atoms in total. The maximum atomic E-state index is 14.3. The summed E-state index contributed by atoms with van der Waals surface area (Å²) in [5, 5.41) is 18.8. The summed E-state index contributed by atoms with van der Waals surface area (Å²) in [6.07, 6.45) is -2.17. The highest BCUT2D eigenvalue weighted by Crippen LogP contribution is 2.63. The topological polar surface area (TPSA) is 60.0 Å². The van der Waals surface area contributed by atoms with Crippen LogP contribution in [-0.2, 0) is 12.4 Å². The first kappa shape index (κ1) is 31.3. The van der Waals surface area contributed by atoms with Crippen LogP contribution < -0.4 is 0 Å². The molecule has 0 spiro atoms. The molecule has 1 N–H and O–H groups in total. The zero-order valence-corrected chi connectivity index (χ0v) is 24.8. The standard InChI is InChI=1S/C35H33F8N3/c36-22-7-18(5-20(11-22)34(38,39)40)16-1-3-24-26-13-27-25-4-2-17(19-6-21(35(41,42)43)12-23(37)8-19)10-30(25)33(46-15-44)31(27)14-29(26)32(45)28(24)9-16/h5-8,11-12,16-17,24-31,45H,1-4,9-10,13-14H2. The van der Waals surface area contributed by atoms with E-state index >= 15 is 0 Å². The summed E-state index contributed by atoms with van der Waals surface area (Å²) in [6.45, 7) is 0. The molecule has 5 aliphatic rings. The molecular formula is C35H33F8N3. The van der Waals surface area contributed by atoms with Crippen LogP contribution in [0.2, 0.25) is 0 Å². The van der Waals surface area contributed by atoms with Gasteiger partial charge in [-0.25, -0.2) is 8.78 Å². The number of benzene rings is 2. The fraction of sp³-hybridized carbons (Fsp3) is 0.571. The molecule has 0 heterocycles. The van der Waals surface area contributed by atoms with Crippen molar-refractivity contribution in [2.24, 2.45) is 52.3 Å². The Morgan fingerprint density at radius 3 is 1.59 bits per heavy atom. The van der Waals surface area contributed by atoms with Crippen molar-refractivity contribution in [3.05, 3.63) is 70.3 Å². The van der Waals surface area contributed by atoms with E-state index in [-0.39, 0.29) is 59.2 Å². The van der Waals surface area contributed by atoms with E-state index in [1.54, 1.807) is 0 Å². The molecule has 0 aliphatic heterocycles. The highest BCUT2D eigenvalue weighted by Gasteiger charge is 2.59. The van der Waals surface area contributed by atoms with Crippen LogP contribution in [0.15, 0.2) is 41.4 Å². The Kier molecular flexibility index (Phi) is 7.60. The summed E-state index contributed by atoms with van der Waals surface area (Å²) in [7, 11) is 0. The Hall–Kier alpha value is -3.29. The molecule has 10 unspecified atom stereocenters. The van der Waals surface area contributed by atoms with Crippen molar-refractivity contribution in [2.45, 2.75) is 75.6 Å². The van der Waals surface area contributed by atoms with Crippen molar-refractivity contribution in [1.82, 2.24) is 0 Å². The van der Waals surface area contributed by atoms with Gasteiger partial charge in [-0.3, -0.25) is 0 Å². The number of rotatable bonds is 2. The Labute approximate surface area is 261 Å². The van der Waals surface area contributed by atoms with E-state index in [0.717, 1.165) is 37.1 Å². The van der Waals surface area contributed by atoms with Gasteiger partial charge in [-0.2, -0.15) is 36.6 Å². The van der Waals surface area contributed by atoms with Gasteiger partial charge in [-0.1, -0.05) is 0 Å². The van der Waals surface area contributed by atoms with Crippen molar-refractivity contribution in [1.29, 1.82) is 10.7 Å². The molecule has 7 rings (SSSR count). The zero-order chi connectivity index (χ0) is 32.7. The Morgan fingerprint density at radius 1 is 0.609 bits per heavy atom. The van der Waals surface area contributed by atoms with Crippen molar-refractivity contribution in [3.8, 4) is 6.19 Å². The third-order valence-electron chi connectivity index (χ3n) is 12.2. The lowest BCUT2D eigenvalue weighted by molar-refractivity contribution is -0.138. The van der Waals surface area contributed by atoms with Gasteiger partial charge in [0.15, 0.2) is 0 Å². The van der Waals surface area contributed by atoms with E-state index in [0.29, 0.717) is 61.1 Å². The lowest BCUT2D eigenvalue weighted by Gasteiger charge is -2.41. The van der Waals surface area contributed by atoms with E-state index in [4.69, 9.17) is 0 Å². The van der Waals surface area contributed by atoms with Crippen LogP contribution in [0.3, 0.4) is 0 Å². The minimum absolute atomic E-state index is 0.0261. The minimum Gasteiger partial charge on any atom is -0.309 e. The van der Waals surface area contributed by atoms with Gasteiger partial charge in [0.25, 0.3) is 0 Å². The van der Waals surface area contributed by atoms with Crippen molar-refractivity contribution < 1.29 is 35.1 Å². The summed E-state index contributed by atoms with van der Waals surface area (Å²) >= 11 is 0. The average Bonchev–Trinajstić information content (AvgIpc) is 3.45. The fourth-order valence-electron chi connectivity index (χ4n) is 10.4. The van der Waals surface area contributed by atoms with Crippen molar-refractivity contribution in [3.63, 3.8) is 0 Å². The minimum atomic E-state index is -4.66. The molecule has 2 aromatic carbocycles. The highest BCUT2D eigenvalue weighted by atomic mass is 19.4. The average molecular weight is 648 g/mol. The maximum Gasteiger partial charge on any atom is 0.416 e. The number of nitrogens with zero attached hydrogens (tertiary/aromatic N) is 2. The third-order valence-corrected chi connectivity index (χ3v) is 12.2. The maximum absolute atomic E-state index is 14.3. The lowest BCUT2D eigenvalue weighted by Crippen LogP contribution is -2.35. The molecule has 0 radical (unpaired) electrons. The van der Waals surface area contributed by atoms with Gasteiger partial charge in [0.1, 0.15) is 11.6 Å². The fourth-order valence-corrected chi connectivity index (χ4v) is 10.4. The van der Waals surface area contributed by atoms with E-state index in [1.165, 1.54) is 12.1 Å². The van der Waals surface area contributed by atoms with Crippen molar-refractivity contribution >= 4 is 11.4 Å². The summed E-state index contributed by atoms with van der Waals surface area (Å²) in [5.74, 6) is -1.79. The van der Waals surface area contributed by atoms with Gasteiger partial charge >= 0.3 is 12.4 Å². The first-order chi connectivity index (χ1) is 21.7. The van der Waals surface area contributed by atoms with Crippen molar-refractivity contribution in [2.75, 3.05) is 0 Å². The van der Waals surface area contributed by atoms with Gasteiger partial charge in [-0.05, 0) is 134 Å². The first-order valence-corrected chi connectivity index (χ1v) is 16.0. The SMILES string of the molecule is N#CN=C1C2CC(c3cc(F)cc(C(F)(F)F)c3)CCC2C2CC3C(CC12)C(=N)C1CC(c2cc(F)cc(C(F)(F)F)c2)CCC13. The molecule has 0 amide bonds. The smallest absolute Gasteiger partial charge is 0.309 e. The van der Waals surface area contributed by atoms with Crippen LogP contribution >= 0.6 is 0 Å². The third kappa shape index (κ3) is 5.33. The monoisotopic (exact) mass is 647 g/mol. The predicted molar refractivity (Wildman–Crippen MR) is 154 cm³/mol. The van der Waals surface area contributed by atoms with E-state index in [1.807, 2.05) is 6.19 Å². The second-order valence-corrected chi connectivity index (χ2v) is 14.2. The molecule has 0 aromatic heterocycles. The highest BCUT2D eigenvalue weighted by molar-refractivity contribution is 5.95. The van der Waals surface area contributed by atoms with Gasteiger partial charge in [-0.15, -0.1) is 0 Å². The lowest BCUT2D eigenvalue weighted by atomic mass is 9.63. The normalized spacial score (nSPS) is 36.5. The van der Waals surface area contributed by atoms with Crippen LogP contribution in [-0.4, -0.2) is 11.4 Å². The van der Waals surface area contributed by atoms with Gasteiger partial charge in [0.05, 0.1) is 11.1 Å². The van der Waals surface area contributed by atoms with Crippen LogP contribution in [0.5, 0.6) is 0 Å². The number of nitrogens with one attached hydrogen (secondary N) is 1. The summed E-state index contributed by atoms with van der Waals surface area (Å²) in [4.78, 5) is 4.28. The van der Waals surface area contributed by atoms with E-state index in [2.05, 4.69) is 4.99 Å². The molecule has 2 aromatic rings. The molecule has 0 bridgehead atoms. The Balaban J connectivity index is 1.11. The molecule has 244 valence electrons. The number of nitriles is 1. The molecule has 46 heavy (non-hydrogen) atoms. The van der Waals surface area contributed by atoms with Gasteiger partial charge < -0.3 is 5.41 Å². The zero-order valence-electron chi connectivity index (χ0n) is 24.8. The first-order valence-electron chi connectivity index (χ1n) is 16.0. The number of fused-ring (bicyclic) bond motifs is 6. The number of aliphatic imine (C=N–C) groups is 1. The van der Waals surface area contributed by atoms with Crippen LogP contribution in [0.25, 0.3) is 0 Å². The van der Waals surface area contributed by atoms with Gasteiger partial charge in [0, 0.05) is 35.1 Å². The molecular weight excluding hydrogens is 614 g/mol. The Morgan fingerprint density at radius 2 is 1.07 bits per heavy atom. The van der Waals surface area contributed by atoms with Crippen LogP contribution in [0.1, 0.15) is 85.5 Å². The molecule has 5 fully saturated rings. The predicted octanol–water partition coefficient (Wildman–Crippen LogP) is 9.93. The molecule has 5 aliphatic carbocycles. The molecule has 5 saturated carbocycles. The number of halogens is 8. The largest absolute Gasteiger partial charge is 0.416 e. The molecule has 11 heteroatoms. The quantitative estimate of drug-likeness (QED) is 0.256. The second kappa shape index (κ2) is 11.2. The Bertz CT molecular complexity index is 1620. The summed E-state index contributed by atoms with van der Waals surface area (Å²) in [5.41, 5.74) is -0.0177. The molecule has 0 saturated heterocycles. The number of hydrogen-bond acceptors (Lipinski definition) is 3. The van der Waals surface area contributed by atoms with Gasteiger partial charge in [0.2, 0.25) is 6.19 Å².